The largest absolute Gasteiger partial charge is 0.318 e. The van der Waals surface area contributed by atoms with Gasteiger partial charge >= 0.3 is 0 Å². The summed E-state index contributed by atoms with van der Waals surface area (Å²) >= 11 is 0. The third-order valence-electron chi connectivity index (χ3n) is 2.12. The van der Waals surface area contributed by atoms with Crippen molar-refractivity contribution in [1.82, 2.24) is 4.98 Å². The summed E-state index contributed by atoms with van der Waals surface area (Å²) in [6.07, 6.45) is 3.62. The third kappa shape index (κ3) is 2.15. The van der Waals surface area contributed by atoms with Gasteiger partial charge in [-0.15, -0.1) is 0 Å². The Balaban J connectivity index is 2.58. The maximum Gasteiger partial charge on any atom is 0.0639 e. The van der Waals surface area contributed by atoms with Crippen LogP contribution in [0.1, 0.15) is 12.5 Å². The van der Waals surface area contributed by atoms with Gasteiger partial charge in [0.2, 0.25) is 0 Å². The molecule has 0 aliphatic heterocycles. The molecule has 15 heavy (non-hydrogen) atoms. The highest BCUT2D eigenvalue weighted by Gasteiger charge is 1.96. The number of hydrogen-bond acceptors (Lipinski definition) is 2. The predicted molar refractivity (Wildman–Crippen MR) is 62.3 cm³/mol. The molecule has 2 nitrogen and oxygen atoms in total. The topological polar surface area (TPSA) is 38.9 Å². The summed E-state index contributed by atoms with van der Waals surface area (Å²) in [5, 5.41) is 2.23. The highest BCUT2D eigenvalue weighted by molar-refractivity contribution is 5.87. The van der Waals surface area contributed by atoms with E-state index in [4.69, 9.17) is 5.73 Å². The van der Waals surface area contributed by atoms with Gasteiger partial charge in [-0.1, -0.05) is 24.0 Å². The monoisotopic (exact) mass is 196 g/mol. The number of nitrogens with zero attached hydrogens (tertiary/aromatic N) is 1. The lowest BCUT2D eigenvalue weighted by molar-refractivity contribution is 0.959. The maximum atomic E-state index is 5.60. The van der Waals surface area contributed by atoms with Crippen LogP contribution in [0.4, 0.5) is 0 Å². The fourth-order valence-electron chi connectivity index (χ4n) is 1.41. The molecular weight excluding hydrogens is 184 g/mol. The molecule has 2 aromatic rings. The average molecular weight is 196 g/mol. The number of aromatic nitrogens is 1. The third-order valence-corrected chi connectivity index (χ3v) is 2.12. The van der Waals surface area contributed by atoms with Crippen molar-refractivity contribution in [1.29, 1.82) is 0 Å². The Morgan fingerprint density at radius 1 is 1.33 bits per heavy atom. The number of pyridine rings is 1. The Morgan fingerprint density at radius 3 is 3.00 bits per heavy atom. The second-order valence-electron chi connectivity index (χ2n) is 3.46. The van der Waals surface area contributed by atoms with Crippen LogP contribution in [0.5, 0.6) is 0 Å². The van der Waals surface area contributed by atoms with Crippen molar-refractivity contribution in [3.05, 3.63) is 42.2 Å². The van der Waals surface area contributed by atoms with E-state index < -0.39 is 0 Å². The molecule has 1 aromatic carbocycles. The molecule has 2 N–H and O–H groups in total. The molecular formula is C13H12N2. The maximum absolute atomic E-state index is 5.60. The van der Waals surface area contributed by atoms with Crippen LogP contribution in [-0.2, 0) is 0 Å². The molecule has 0 radical (unpaired) electrons. The van der Waals surface area contributed by atoms with Crippen LogP contribution in [0.15, 0.2) is 36.7 Å². The number of hydrogen-bond donors (Lipinski definition) is 1. The summed E-state index contributed by atoms with van der Waals surface area (Å²) in [7, 11) is 0. The van der Waals surface area contributed by atoms with Crippen LogP contribution in [0.3, 0.4) is 0 Å². The Bertz CT molecular complexity index is 527. The van der Waals surface area contributed by atoms with Crippen molar-refractivity contribution in [3.63, 3.8) is 0 Å². The molecule has 1 heterocycles. The lowest BCUT2D eigenvalue weighted by Crippen LogP contribution is -2.10. The molecule has 0 saturated carbocycles. The molecule has 0 saturated heterocycles. The van der Waals surface area contributed by atoms with Crippen LogP contribution in [0, 0.1) is 11.8 Å². The molecule has 0 fully saturated rings. The smallest absolute Gasteiger partial charge is 0.0639 e. The van der Waals surface area contributed by atoms with Gasteiger partial charge in [0.1, 0.15) is 0 Å². The minimum Gasteiger partial charge on any atom is -0.318 e. The Labute approximate surface area is 89.1 Å². The quantitative estimate of drug-likeness (QED) is 0.654. The van der Waals surface area contributed by atoms with Crippen LogP contribution in [0.2, 0.25) is 0 Å². The van der Waals surface area contributed by atoms with Crippen LogP contribution in [0.25, 0.3) is 10.8 Å². The zero-order chi connectivity index (χ0) is 10.7. The highest BCUT2D eigenvalue weighted by atomic mass is 14.6. The first kappa shape index (κ1) is 9.70. The van der Waals surface area contributed by atoms with E-state index in [-0.39, 0.29) is 6.04 Å². The first-order chi connectivity index (χ1) is 7.27. The fourth-order valence-corrected chi connectivity index (χ4v) is 1.41. The molecule has 1 unspecified atom stereocenters. The summed E-state index contributed by atoms with van der Waals surface area (Å²) in [6, 6.07) is 7.91. The molecule has 2 heteroatoms. The second kappa shape index (κ2) is 4.12. The standard InChI is InChI=1S/C13H12N2/c1-10(14)5-6-11-3-2-4-12-7-8-15-9-13(11)12/h2-4,7-10H,14H2,1H3. The number of fused-ring (bicyclic) bond motifs is 1. The zero-order valence-corrected chi connectivity index (χ0v) is 8.57. The van der Waals surface area contributed by atoms with E-state index >= 15 is 0 Å². The van der Waals surface area contributed by atoms with Crippen molar-refractivity contribution in [2.24, 2.45) is 5.73 Å². The zero-order valence-electron chi connectivity index (χ0n) is 8.57. The molecule has 1 aromatic heterocycles. The lowest BCUT2D eigenvalue weighted by Gasteiger charge is -1.99. The first-order valence-corrected chi connectivity index (χ1v) is 4.87. The number of benzene rings is 1. The van der Waals surface area contributed by atoms with E-state index in [1.165, 1.54) is 0 Å². The van der Waals surface area contributed by atoms with Gasteiger partial charge in [0, 0.05) is 23.3 Å². The Kier molecular flexibility index (Phi) is 2.66. The van der Waals surface area contributed by atoms with Gasteiger partial charge in [0.25, 0.3) is 0 Å². The van der Waals surface area contributed by atoms with Crippen LogP contribution < -0.4 is 5.73 Å². The van der Waals surface area contributed by atoms with Gasteiger partial charge in [-0.3, -0.25) is 4.98 Å². The second-order valence-corrected chi connectivity index (χ2v) is 3.46. The minimum atomic E-state index is -0.100. The molecule has 0 amide bonds. The van der Waals surface area contributed by atoms with E-state index in [9.17, 15) is 0 Å². The van der Waals surface area contributed by atoms with Crippen molar-refractivity contribution in [2.45, 2.75) is 13.0 Å². The van der Waals surface area contributed by atoms with Crippen molar-refractivity contribution in [2.75, 3.05) is 0 Å². The highest BCUT2D eigenvalue weighted by Crippen LogP contribution is 2.15. The molecule has 0 bridgehead atoms. The predicted octanol–water partition coefficient (Wildman–Crippen LogP) is 1.93. The van der Waals surface area contributed by atoms with Crippen LogP contribution >= 0.6 is 0 Å². The van der Waals surface area contributed by atoms with Gasteiger partial charge in [-0.25, -0.2) is 0 Å². The molecule has 0 spiro atoms. The lowest BCUT2D eigenvalue weighted by atomic mass is 10.1. The van der Waals surface area contributed by atoms with E-state index in [1.54, 1.807) is 6.20 Å². The van der Waals surface area contributed by atoms with E-state index in [1.807, 2.05) is 37.4 Å². The summed E-state index contributed by atoms with van der Waals surface area (Å²) < 4.78 is 0. The van der Waals surface area contributed by atoms with Crippen molar-refractivity contribution >= 4 is 10.8 Å². The van der Waals surface area contributed by atoms with Gasteiger partial charge in [0.05, 0.1) is 6.04 Å². The molecule has 0 aliphatic carbocycles. The normalized spacial score (nSPS) is 11.9. The Morgan fingerprint density at radius 2 is 2.20 bits per heavy atom. The molecule has 2 rings (SSSR count). The van der Waals surface area contributed by atoms with Gasteiger partial charge in [-0.05, 0) is 24.4 Å². The van der Waals surface area contributed by atoms with Crippen molar-refractivity contribution < 1.29 is 0 Å². The molecule has 0 aliphatic rings. The fraction of sp³-hybridized carbons (Fsp3) is 0.154. The van der Waals surface area contributed by atoms with E-state index in [0.717, 1.165) is 16.3 Å². The summed E-state index contributed by atoms with van der Waals surface area (Å²) in [5.41, 5.74) is 6.58. The summed E-state index contributed by atoms with van der Waals surface area (Å²) in [5.74, 6) is 6.03. The van der Waals surface area contributed by atoms with E-state index in [2.05, 4.69) is 16.8 Å². The SMILES string of the molecule is CC(N)C#Cc1cccc2ccncc12. The van der Waals surface area contributed by atoms with Crippen molar-refractivity contribution in [3.8, 4) is 11.8 Å². The minimum absolute atomic E-state index is 0.100. The van der Waals surface area contributed by atoms with Crippen LogP contribution in [-0.4, -0.2) is 11.0 Å². The first-order valence-electron chi connectivity index (χ1n) is 4.87. The van der Waals surface area contributed by atoms with Gasteiger partial charge in [-0.2, -0.15) is 0 Å². The van der Waals surface area contributed by atoms with Gasteiger partial charge in [0.15, 0.2) is 0 Å². The molecule has 1 atom stereocenters. The number of nitrogens with two attached hydrogens (primary N) is 1. The average Bonchev–Trinajstić information content (AvgIpc) is 2.26. The van der Waals surface area contributed by atoms with E-state index in [0.29, 0.717) is 0 Å². The summed E-state index contributed by atoms with van der Waals surface area (Å²) in [4.78, 5) is 4.10. The Hall–Kier alpha value is -1.85. The number of rotatable bonds is 0. The summed E-state index contributed by atoms with van der Waals surface area (Å²) in [6.45, 7) is 1.87. The van der Waals surface area contributed by atoms with Gasteiger partial charge < -0.3 is 5.73 Å². The molecule has 74 valence electrons.